The summed E-state index contributed by atoms with van der Waals surface area (Å²) in [5, 5.41) is 20.4. The molecule has 0 saturated carbocycles. The van der Waals surface area contributed by atoms with E-state index in [0.717, 1.165) is 83.3 Å². The van der Waals surface area contributed by atoms with Gasteiger partial charge in [0, 0.05) is 85.1 Å². The minimum Gasteiger partial charge on any atom is -0.391 e. The number of likely N-dealkylation sites (tertiary alicyclic amines) is 1. The zero-order valence-corrected chi connectivity index (χ0v) is 60.6. The highest BCUT2D eigenvalue weighted by molar-refractivity contribution is 7.99. The quantitative estimate of drug-likeness (QED) is 0.0238. The summed E-state index contributed by atoms with van der Waals surface area (Å²) in [6, 6.07) is 30.6. The van der Waals surface area contributed by atoms with Gasteiger partial charge in [0.1, 0.15) is 17.0 Å². The maximum atomic E-state index is 14.6. The van der Waals surface area contributed by atoms with Gasteiger partial charge in [-0.05, 0) is 172 Å². The van der Waals surface area contributed by atoms with Crippen LogP contribution in [0.15, 0.2) is 147 Å². The lowest BCUT2D eigenvalue weighted by Crippen LogP contribution is -2.57. The highest BCUT2D eigenvalue weighted by atomic mass is 35.5. The third-order valence-electron chi connectivity index (χ3n) is 18.4. The molecule has 18 nitrogen and oxygen atoms in total. The van der Waals surface area contributed by atoms with Crippen molar-refractivity contribution in [3.8, 4) is 10.4 Å². The first kappa shape index (κ1) is 75.4. The molecule has 2 fully saturated rings. The monoisotopic (exact) mass is 1440 g/mol. The number of allylic oxidation sites excluding steroid dienone is 1. The molecule has 4 amide bonds. The van der Waals surface area contributed by atoms with Crippen LogP contribution in [-0.2, 0) is 34.2 Å². The third-order valence-corrected chi connectivity index (χ3v) is 23.7. The van der Waals surface area contributed by atoms with Crippen LogP contribution in [0.2, 0.25) is 5.02 Å². The van der Waals surface area contributed by atoms with Crippen molar-refractivity contribution in [3.63, 3.8) is 0 Å². The van der Waals surface area contributed by atoms with Crippen LogP contribution in [0.1, 0.15) is 126 Å². The largest absolute Gasteiger partial charge is 0.501 e. The highest BCUT2D eigenvalue weighted by Crippen LogP contribution is 2.44. The number of benzene rings is 5. The van der Waals surface area contributed by atoms with Crippen molar-refractivity contribution in [2.24, 2.45) is 10.8 Å². The lowest BCUT2D eigenvalue weighted by Gasteiger charge is -2.39. The molecule has 0 spiro atoms. The number of aromatic nitrogens is 1. The second-order valence-corrected chi connectivity index (χ2v) is 33.7. The molecule has 5 aromatic carbocycles. The van der Waals surface area contributed by atoms with Gasteiger partial charge in [-0.25, -0.2) is 26.5 Å². The highest BCUT2D eigenvalue weighted by Gasteiger charge is 2.49. The number of aliphatic hydroxyl groups is 1. The number of rotatable bonds is 27. The van der Waals surface area contributed by atoms with E-state index in [9.17, 15) is 54.3 Å². The molecule has 0 bridgehead atoms. The number of amides is 4. The van der Waals surface area contributed by atoms with Crippen LogP contribution in [-0.4, -0.2) is 160 Å². The SMILES string of the molecule is Cc1ncsc1-c1ccc(C(C)NC(=O)C2CC(O)CN2C(=O)C(NC(=O)CCCCN(C)CCC(CSc2ccccc2)Nc2ccc(S(=O)(=O)NC(=O)c3ccc(N4CCN(CC5=C(c6ccc(Cl)cc6)CCC(C)(C)C5)CC4)cc3)cc2S(=O)(=O)C(F)(F)F)C(C)(C)C)cc1. The molecular weight excluding hydrogens is 1360 g/mol. The summed E-state index contributed by atoms with van der Waals surface area (Å²) < 4.78 is 100. The number of β-amino-alcohol motifs (C(OH)–C–C–N with tert-alkyl or cyclic N) is 1. The number of thiazole rings is 1. The number of halogens is 4. The van der Waals surface area contributed by atoms with Crippen molar-refractivity contribution in [2.75, 3.05) is 75.4 Å². The number of unbranched alkanes of at least 4 members (excludes halogenated alkanes) is 1. The zero-order chi connectivity index (χ0) is 70.9. The fourth-order valence-electron chi connectivity index (χ4n) is 12.7. The number of alkyl halides is 3. The predicted molar refractivity (Wildman–Crippen MR) is 382 cm³/mol. The molecule has 2 aliphatic heterocycles. The normalized spacial score (nSPS) is 18.1. The van der Waals surface area contributed by atoms with Crippen LogP contribution in [0, 0.1) is 17.8 Å². The Morgan fingerprint density at radius 1 is 0.857 bits per heavy atom. The lowest BCUT2D eigenvalue weighted by molar-refractivity contribution is -0.144. The van der Waals surface area contributed by atoms with Gasteiger partial charge in [-0.2, -0.15) is 13.2 Å². The Labute approximate surface area is 587 Å². The van der Waals surface area contributed by atoms with Crippen LogP contribution in [0.3, 0.4) is 0 Å². The molecule has 5 unspecified atom stereocenters. The van der Waals surface area contributed by atoms with Crippen molar-refractivity contribution in [3.05, 3.63) is 160 Å². The average Bonchev–Trinajstić information content (AvgIpc) is 0.927. The summed E-state index contributed by atoms with van der Waals surface area (Å²) >= 11 is 9.14. The Balaban J connectivity index is 0.788. The van der Waals surface area contributed by atoms with Gasteiger partial charge in [-0.1, -0.05) is 106 Å². The summed E-state index contributed by atoms with van der Waals surface area (Å²) in [6.07, 6.45) is 3.43. The van der Waals surface area contributed by atoms with Gasteiger partial charge in [0.15, 0.2) is 0 Å². The van der Waals surface area contributed by atoms with E-state index in [1.165, 1.54) is 45.5 Å². The van der Waals surface area contributed by atoms with E-state index in [-0.39, 0.29) is 48.4 Å². The number of carbonyl (C=O) groups is 4. The molecule has 2 saturated heterocycles. The molecule has 1 aromatic heterocycles. The summed E-state index contributed by atoms with van der Waals surface area (Å²) in [6.45, 7) is 18.4. The summed E-state index contributed by atoms with van der Waals surface area (Å²) in [5.41, 5.74) is 2.43. The number of aryl methyl sites for hydroxylation is 1. The van der Waals surface area contributed by atoms with Gasteiger partial charge >= 0.3 is 5.51 Å². The standard InChI is InChI=1S/C72H89ClF3N9O9S4/c1-47(49-17-19-51(20-18-49)65-48(2)77-46-96-65)78-68(89)62-40-57(86)44-85(62)69(90)66(70(3,4)5)80-64(87)16-12-13-34-82(8)35-32-55(45-95-58-14-10-9-11-15-58)79-61-30-29-59(41-63(61)97(91,92)72(74,75)76)98(93,94)81-67(88)52-23-27-56(28-24-52)84-38-36-83(37-39-84)43-53-42-71(6,7)33-31-60(53)50-21-25-54(73)26-22-50/h9-11,14-15,17-30,41,46-47,55,57,62,66,79,86H,12-13,16,31-40,42-45H2,1-8H3,(H,78,89)(H,80,87)(H,81,88). The molecular formula is C72H89ClF3N9O9S4. The van der Waals surface area contributed by atoms with Crippen LogP contribution in [0.4, 0.5) is 24.5 Å². The van der Waals surface area contributed by atoms with Crippen molar-refractivity contribution >= 4 is 95.1 Å². The fraction of sp³-hybridized carbons (Fsp3) is 0.458. The maximum absolute atomic E-state index is 14.6. The number of nitrogens with zero attached hydrogens (tertiary/aromatic N) is 5. The first-order chi connectivity index (χ1) is 46.2. The minimum absolute atomic E-state index is 0.0300. The second-order valence-electron chi connectivity index (χ2n) is 27.7. The number of hydrogen-bond donors (Lipinski definition) is 5. The van der Waals surface area contributed by atoms with Crippen molar-refractivity contribution in [1.29, 1.82) is 0 Å². The van der Waals surface area contributed by atoms with E-state index in [1.807, 2.05) is 118 Å². The molecule has 1 aliphatic carbocycles. The number of hydrogen-bond acceptors (Lipinski definition) is 16. The molecule has 3 aliphatic rings. The molecule has 528 valence electrons. The summed E-state index contributed by atoms with van der Waals surface area (Å²) in [5.74, 6) is -2.12. The van der Waals surface area contributed by atoms with Crippen molar-refractivity contribution < 1.29 is 54.3 Å². The van der Waals surface area contributed by atoms with Gasteiger partial charge in [-0.15, -0.1) is 23.1 Å². The molecule has 0 radical (unpaired) electrons. The number of carbonyl (C=O) groups excluding carboxylic acids is 4. The van der Waals surface area contributed by atoms with Gasteiger partial charge in [0.05, 0.1) is 38.8 Å². The van der Waals surface area contributed by atoms with E-state index in [0.29, 0.717) is 50.1 Å². The number of piperazine rings is 1. The predicted octanol–water partition coefficient (Wildman–Crippen LogP) is 12.4. The number of aliphatic hydroxyl groups excluding tert-OH is 1. The van der Waals surface area contributed by atoms with Gasteiger partial charge < -0.3 is 35.8 Å². The maximum Gasteiger partial charge on any atom is 0.501 e. The van der Waals surface area contributed by atoms with E-state index >= 15 is 0 Å². The van der Waals surface area contributed by atoms with E-state index in [1.54, 1.807) is 29.0 Å². The van der Waals surface area contributed by atoms with Crippen molar-refractivity contribution in [2.45, 2.75) is 150 Å². The number of sulfonamides is 1. The molecule has 9 rings (SSSR count). The molecule has 3 heterocycles. The van der Waals surface area contributed by atoms with E-state index in [4.69, 9.17) is 11.6 Å². The van der Waals surface area contributed by atoms with Crippen LogP contribution >= 0.6 is 34.7 Å². The molecule has 5 N–H and O–H groups in total. The Morgan fingerprint density at radius 2 is 1.53 bits per heavy atom. The zero-order valence-electron chi connectivity index (χ0n) is 56.6. The first-order valence-electron chi connectivity index (χ1n) is 33.0. The number of nitrogens with one attached hydrogen (secondary N) is 4. The molecule has 5 atom stereocenters. The molecule has 98 heavy (non-hydrogen) atoms. The van der Waals surface area contributed by atoms with Gasteiger partial charge in [0.2, 0.25) is 17.7 Å². The van der Waals surface area contributed by atoms with Crippen LogP contribution in [0.5, 0.6) is 0 Å². The fourth-order valence-corrected chi connectivity index (χ4v) is 16.7. The first-order valence-corrected chi connectivity index (χ1v) is 38.2. The van der Waals surface area contributed by atoms with Gasteiger partial charge in [0.25, 0.3) is 25.8 Å². The number of anilines is 2. The Kier molecular flexibility index (Phi) is 24.8. The lowest BCUT2D eigenvalue weighted by atomic mass is 9.73. The van der Waals surface area contributed by atoms with E-state index < -0.39 is 94.3 Å². The Bertz CT molecular complexity index is 4040. The van der Waals surface area contributed by atoms with E-state index in [2.05, 4.69) is 56.7 Å². The summed E-state index contributed by atoms with van der Waals surface area (Å²) in [7, 11) is -9.31. The van der Waals surface area contributed by atoms with Crippen LogP contribution < -0.4 is 25.6 Å². The smallest absolute Gasteiger partial charge is 0.391 e. The molecule has 26 heteroatoms. The Morgan fingerprint density at radius 3 is 2.17 bits per heavy atom. The van der Waals surface area contributed by atoms with Gasteiger partial charge in [-0.3, -0.25) is 24.1 Å². The molecule has 6 aromatic rings. The topological polar surface area (TPSA) is 231 Å². The summed E-state index contributed by atoms with van der Waals surface area (Å²) in [4.78, 5) is 67.4. The van der Waals surface area contributed by atoms with Crippen molar-refractivity contribution in [1.82, 2.24) is 35.0 Å². The third kappa shape index (κ3) is 19.6. The minimum atomic E-state index is -6.19. The average molecular weight is 1450 g/mol. The second kappa shape index (κ2) is 32.2. The number of sulfone groups is 1. The Hall–Kier alpha value is -6.84. The van der Waals surface area contributed by atoms with Crippen LogP contribution in [0.25, 0.3) is 16.0 Å². The number of thioether (sulfide) groups is 1.